The molecule has 1 aliphatic heterocycles. The second kappa shape index (κ2) is 8.65. The van der Waals surface area contributed by atoms with Crippen LogP contribution in [0.4, 0.5) is 5.69 Å². The molecule has 6 nitrogen and oxygen atoms in total. The first-order valence-electron chi connectivity index (χ1n) is 9.83. The number of hydrogen-bond acceptors (Lipinski definition) is 4. The summed E-state index contributed by atoms with van der Waals surface area (Å²) in [6.45, 7) is 5.69. The third-order valence-corrected chi connectivity index (χ3v) is 7.40. The summed E-state index contributed by atoms with van der Waals surface area (Å²) in [5.41, 5.74) is 3.19. The normalized spacial score (nSPS) is 16.2. The van der Waals surface area contributed by atoms with Gasteiger partial charge in [-0.25, -0.2) is 8.42 Å². The maximum atomic E-state index is 13.0. The van der Waals surface area contributed by atoms with E-state index in [4.69, 9.17) is 0 Å². The number of sulfonamides is 1. The van der Waals surface area contributed by atoms with Crippen LogP contribution < -0.4 is 5.32 Å². The fourth-order valence-electron chi connectivity index (χ4n) is 3.74. The number of aryl methyl sites for hydroxylation is 2. The van der Waals surface area contributed by atoms with Gasteiger partial charge < -0.3 is 10.2 Å². The van der Waals surface area contributed by atoms with Crippen LogP contribution in [-0.2, 0) is 10.0 Å². The Morgan fingerprint density at radius 2 is 1.59 bits per heavy atom. The summed E-state index contributed by atoms with van der Waals surface area (Å²) in [5, 5.41) is 2.84. The second-order valence-electron chi connectivity index (χ2n) is 7.91. The van der Waals surface area contributed by atoms with Crippen molar-refractivity contribution in [3.05, 3.63) is 59.2 Å². The lowest BCUT2D eigenvalue weighted by atomic mass is 10.1. The molecular weight excluding hydrogens is 386 g/mol. The molecule has 0 saturated carbocycles. The highest BCUT2D eigenvalue weighted by Crippen LogP contribution is 2.23. The van der Waals surface area contributed by atoms with E-state index in [2.05, 4.69) is 17.3 Å². The molecule has 0 unspecified atom stereocenters. The summed E-state index contributed by atoms with van der Waals surface area (Å²) in [4.78, 5) is 15.0. The largest absolute Gasteiger partial charge is 0.322 e. The average Bonchev–Trinajstić information content (AvgIpc) is 2.67. The van der Waals surface area contributed by atoms with Crippen molar-refractivity contribution in [2.75, 3.05) is 32.5 Å². The van der Waals surface area contributed by atoms with Crippen molar-refractivity contribution >= 4 is 21.6 Å². The Morgan fingerprint density at radius 3 is 2.14 bits per heavy atom. The van der Waals surface area contributed by atoms with Crippen LogP contribution >= 0.6 is 0 Å². The van der Waals surface area contributed by atoms with E-state index in [1.807, 2.05) is 32.0 Å². The van der Waals surface area contributed by atoms with Crippen molar-refractivity contribution in [1.82, 2.24) is 9.21 Å². The Labute approximate surface area is 173 Å². The number of likely N-dealkylation sites (tertiary alicyclic amines) is 1. The highest BCUT2D eigenvalue weighted by molar-refractivity contribution is 7.89. The smallest absolute Gasteiger partial charge is 0.255 e. The van der Waals surface area contributed by atoms with E-state index in [1.165, 1.54) is 4.31 Å². The molecule has 1 saturated heterocycles. The monoisotopic (exact) mass is 415 g/mol. The molecule has 1 amide bonds. The Morgan fingerprint density at radius 1 is 1.03 bits per heavy atom. The minimum atomic E-state index is -3.56. The third-order valence-electron chi connectivity index (χ3n) is 5.48. The maximum absolute atomic E-state index is 13.0. The predicted molar refractivity (Wildman–Crippen MR) is 116 cm³/mol. The van der Waals surface area contributed by atoms with E-state index in [9.17, 15) is 13.2 Å². The minimum absolute atomic E-state index is 0.0140. The number of anilines is 1. The summed E-state index contributed by atoms with van der Waals surface area (Å²) in [6.07, 6.45) is 1.66. The maximum Gasteiger partial charge on any atom is 0.255 e. The lowest BCUT2D eigenvalue weighted by molar-refractivity contribution is 0.102. The van der Waals surface area contributed by atoms with Gasteiger partial charge in [-0.05, 0) is 83.2 Å². The van der Waals surface area contributed by atoms with Gasteiger partial charge in [-0.15, -0.1) is 0 Å². The number of carbonyl (C=O) groups excluding carboxylic acids is 1. The molecule has 29 heavy (non-hydrogen) atoms. The van der Waals surface area contributed by atoms with Crippen molar-refractivity contribution in [3.8, 4) is 0 Å². The van der Waals surface area contributed by atoms with Crippen LogP contribution in [0.1, 0.15) is 34.3 Å². The highest BCUT2D eigenvalue weighted by Gasteiger charge is 2.30. The number of benzene rings is 2. The summed E-state index contributed by atoms with van der Waals surface area (Å²) in [6, 6.07) is 12.1. The van der Waals surface area contributed by atoms with Crippen LogP contribution in [0.2, 0.25) is 0 Å². The number of amides is 1. The van der Waals surface area contributed by atoms with Crippen LogP contribution in [0, 0.1) is 13.8 Å². The van der Waals surface area contributed by atoms with Gasteiger partial charge in [-0.1, -0.05) is 17.2 Å². The van der Waals surface area contributed by atoms with Crippen molar-refractivity contribution in [1.29, 1.82) is 0 Å². The van der Waals surface area contributed by atoms with Crippen molar-refractivity contribution in [3.63, 3.8) is 0 Å². The molecule has 1 heterocycles. The molecule has 1 fully saturated rings. The van der Waals surface area contributed by atoms with E-state index in [0.29, 0.717) is 11.3 Å². The fraction of sp³-hybridized carbons (Fsp3) is 0.409. The van der Waals surface area contributed by atoms with E-state index < -0.39 is 10.0 Å². The lowest BCUT2D eigenvalue weighted by Crippen LogP contribution is -2.44. The van der Waals surface area contributed by atoms with E-state index in [0.717, 1.165) is 37.1 Å². The molecule has 2 aromatic rings. The Hall–Kier alpha value is -2.22. The van der Waals surface area contributed by atoms with Crippen molar-refractivity contribution in [2.45, 2.75) is 37.6 Å². The molecule has 0 aromatic heterocycles. The van der Waals surface area contributed by atoms with Gasteiger partial charge in [0.1, 0.15) is 0 Å². The number of hydrogen-bond donors (Lipinski definition) is 1. The molecule has 156 valence electrons. The summed E-state index contributed by atoms with van der Waals surface area (Å²) in [5.74, 6) is -0.212. The molecule has 1 N–H and O–H groups in total. The molecule has 0 bridgehead atoms. The molecule has 7 heteroatoms. The molecule has 0 aliphatic carbocycles. The number of carbonyl (C=O) groups is 1. The van der Waals surface area contributed by atoms with Crippen molar-refractivity contribution < 1.29 is 13.2 Å². The summed E-state index contributed by atoms with van der Waals surface area (Å²) in [7, 11) is 0.143. The number of nitrogens with zero attached hydrogens (tertiary/aromatic N) is 2. The Kier molecular flexibility index (Phi) is 6.41. The van der Waals surface area contributed by atoms with E-state index in [-0.39, 0.29) is 16.8 Å². The molecule has 0 atom stereocenters. The van der Waals surface area contributed by atoms with Crippen LogP contribution in [0.5, 0.6) is 0 Å². The van der Waals surface area contributed by atoms with Gasteiger partial charge in [0.05, 0.1) is 4.90 Å². The first-order chi connectivity index (χ1) is 13.7. The second-order valence-corrected chi connectivity index (χ2v) is 9.91. The van der Waals surface area contributed by atoms with Gasteiger partial charge in [0, 0.05) is 24.3 Å². The van der Waals surface area contributed by atoms with Crippen LogP contribution in [0.15, 0.2) is 47.4 Å². The zero-order chi connectivity index (χ0) is 21.2. The van der Waals surface area contributed by atoms with Crippen molar-refractivity contribution in [2.24, 2.45) is 0 Å². The molecule has 1 aliphatic rings. The quantitative estimate of drug-likeness (QED) is 0.814. The van der Waals surface area contributed by atoms with Gasteiger partial charge in [0.15, 0.2) is 0 Å². The number of piperidine rings is 1. The summed E-state index contributed by atoms with van der Waals surface area (Å²) < 4.78 is 27.4. The number of rotatable bonds is 5. The average molecular weight is 416 g/mol. The van der Waals surface area contributed by atoms with E-state index >= 15 is 0 Å². The van der Waals surface area contributed by atoms with Gasteiger partial charge in [-0.2, -0.15) is 4.31 Å². The Balaban J connectivity index is 1.71. The highest BCUT2D eigenvalue weighted by atomic mass is 32.2. The number of nitrogens with one attached hydrogen (secondary N) is 1. The zero-order valence-corrected chi connectivity index (χ0v) is 18.3. The van der Waals surface area contributed by atoms with Crippen LogP contribution in [-0.4, -0.2) is 56.8 Å². The topological polar surface area (TPSA) is 69.7 Å². The lowest BCUT2D eigenvalue weighted by Gasteiger charge is -2.34. The fourth-order valence-corrected chi connectivity index (χ4v) is 5.16. The molecular formula is C22H29N3O3S. The first-order valence-corrected chi connectivity index (χ1v) is 11.3. The van der Waals surface area contributed by atoms with Gasteiger partial charge in [-0.3, -0.25) is 4.79 Å². The molecule has 3 rings (SSSR count). The SMILES string of the molecule is Cc1cc(C)cc(C(=O)Nc2ccc(S(=O)(=O)N(C)C3CCN(C)CC3)cc2)c1. The van der Waals surface area contributed by atoms with Gasteiger partial charge in [0.2, 0.25) is 10.0 Å². The first kappa shape index (κ1) is 21.5. The minimum Gasteiger partial charge on any atom is -0.322 e. The zero-order valence-electron chi connectivity index (χ0n) is 17.5. The third kappa shape index (κ3) is 5.04. The van der Waals surface area contributed by atoms with Gasteiger partial charge in [0.25, 0.3) is 5.91 Å². The van der Waals surface area contributed by atoms with Crippen LogP contribution in [0.25, 0.3) is 0 Å². The van der Waals surface area contributed by atoms with Crippen LogP contribution in [0.3, 0.4) is 0 Å². The predicted octanol–water partition coefficient (Wildman–Crippen LogP) is 3.27. The molecule has 2 aromatic carbocycles. The van der Waals surface area contributed by atoms with Gasteiger partial charge >= 0.3 is 0 Å². The standard InChI is InChI=1S/C22H29N3O3S/c1-16-13-17(2)15-18(14-16)22(26)23-19-5-7-21(8-6-19)29(27,28)25(4)20-9-11-24(3)12-10-20/h5-8,13-15,20H,9-12H2,1-4H3,(H,23,26). The van der Waals surface area contributed by atoms with E-state index in [1.54, 1.807) is 31.3 Å². The summed E-state index contributed by atoms with van der Waals surface area (Å²) >= 11 is 0. The molecule has 0 radical (unpaired) electrons. The molecule has 0 spiro atoms. The Bertz CT molecular complexity index is 959.